The van der Waals surface area contributed by atoms with Crippen LogP contribution in [0.3, 0.4) is 0 Å². The van der Waals surface area contributed by atoms with Crippen LogP contribution in [-0.4, -0.2) is 35.1 Å². The highest BCUT2D eigenvalue weighted by Gasteiger charge is 2.22. The molecule has 1 aliphatic rings. The first kappa shape index (κ1) is 20.5. The van der Waals surface area contributed by atoms with Crippen molar-refractivity contribution in [2.45, 2.75) is 57.0 Å². The van der Waals surface area contributed by atoms with E-state index in [1.807, 2.05) is 13.8 Å². The van der Waals surface area contributed by atoms with Gasteiger partial charge in [0.25, 0.3) is 5.91 Å². The Bertz CT molecular complexity index is 1210. The molecule has 1 aromatic carbocycles. The molecule has 0 aliphatic carbocycles. The van der Waals surface area contributed by atoms with E-state index in [1.54, 1.807) is 30.3 Å². The molecule has 3 aromatic rings. The SMILES string of the molecule is Cc1cc(C(=O)NC(C)c2ccc(S(C)(=O)=O)cc2)c2nc3n(c2n1)CCCCC3. The van der Waals surface area contributed by atoms with Crippen LogP contribution < -0.4 is 5.32 Å². The molecule has 2 aromatic heterocycles. The maximum atomic E-state index is 13.1. The molecule has 1 aliphatic heterocycles. The summed E-state index contributed by atoms with van der Waals surface area (Å²) in [5.41, 5.74) is 3.57. The number of benzene rings is 1. The van der Waals surface area contributed by atoms with Gasteiger partial charge in [-0.25, -0.2) is 18.4 Å². The highest BCUT2D eigenvalue weighted by atomic mass is 32.2. The lowest BCUT2D eigenvalue weighted by atomic mass is 10.1. The summed E-state index contributed by atoms with van der Waals surface area (Å²) in [6, 6.07) is 8.09. The standard InChI is InChI=1S/C22H26N4O3S/c1-14-13-18(20-21(23-14)26-12-6-4-5-7-19(26)25-20)22(27)24-15(2)16-8-10-17(11-9-16)30(3,28)29/h8-11,13,15H,4-7,12H2,1-3H3,(H,24,27). The van der Waals surface area contributed by atoms with E-state index in [2.05, 4.69) is 14.9 Å². The van der Waals surface area contributed by atoms with E-state index in [9.17, 15) is 13.2 Å². The molecule has 4 rings (SSSR count). The molecule has 30 heavy (non-hydrogen) atoms. The van der Waals surface area contributed by atoms with Crippen molar-refractivity contribution in [2.24, 2.45) is 0 Å². The normalized spacial score (nSPS) is 15.4. The number of hydrogen-bond acceptors (Lipinski definition) is 5. The summed E-state index contributed by atoms with van der Waals surface area (Å²) in [6.07, 6.45) is 5.45. The summed E-state index contributed by atoms with van der Waals surface area (Å²) in [6.45, 7) is 4.65. The fourth-order valence-corrected chi connectivity index (χ4v) is 4.58. The quantitative estimate of drug-likeness (QED) is 0.690. The van der Waals surface area contributed by atoms with Gasteiger partial charge in [-0.1, -0.05) is 18.6 Å². The lowest BCUT2D eigenvalue weighted by molar-refractivity contribution is 0.0941. The number of aryl methyl sites for hydroxylation is 3. The van der Waals surface area contributed by atoms with Crippen molar-refractivity contribution in [2.75, 3.05) is 6.26 Å². The number of sulfone groups is 1. The van der Waals surface area contributed by atoms with E-state index in [0.29, 0.717) is 11.1 Å². The summed E-state index contributed by atoms with van der Waals surface area (Å²) >= 11 is 0. The molecular weight excluding hydrogens is 400 g/mol. The second-order valence-electron chi connectivity index (χ2n) is 8.01. The Morgan fingerprint density at radius 2 is 1.87 bits per heavy atom. The fourth-order valence-electron chi connectivity index (χ4n) is 3.95. The zero-order valence-corrected chi connectivity index (χ0v) is 18.3. The monoisotopic (exact) mass is 426 g/mol. The summed E-state index contributed by atoms with van der Waals surface area (Å²) in [7, 11) is -3.25. The van der Waals surface area contributed by atoms with Crippen molar-refractivity contribution in [1.82, 2.24) is 19.9 Å². The van der Waals surface area contributed by atoms with Crippen LogP contribution >= 0.6 is 0 Å². The number of pyridine rings is 1. The number of fused-ring (bicyclic) bond motifs is 3. The second-order valence-corrected chi connectivity index (χ2v) is 10.0. The van der Waals surface area contributed by atoms with Crippen molar-refractivity contribution in [3.05, 3.63) is 53.0 Å². The van der Waals surface area contributed by atoms with Crippen molar-refractivity contribution in [3.63, 3.8) is 0 Å². The number of hydrogen-bond donors (Lipinski definition) is 1. The molecule has 0 saturated heterocycles. The predicted octanol–water partition coefficient (Wildman–Crippen LogP) is 3.36. The molecule has 0 radical (unpaired) electrons. The molecule has 0 spiro atoms. The van der Waals surface area contributed by atoms with Gasteiger partial charge in [0.2, 0.25) is 0 Å². The van der Waals surface area contributed by atoms with Gasteiger partial charge >= 0.3 is 0 Å². The Hall–Kier alpha value is -2.74. The van der Waals surface area contributed by atoms with E-state index in [-0.39, 0.29) is 16.8 Å². The van der Waals surface area contributed by atoms with Crippen LogP contribution in [0.15, 0.2) is 35.2 Å². The van der Waals surface area contributed by atoms with Crippen molar-refractivity contribution in [1.29, 1.82) is 0 Å². The van der Waals surface area contributed by atoms with Gasteiger partial charge in [-0.2, -0.15) is 0 Å². The van der Waals surface area contributed by atoms with Crippen molar-refractivity contribution >= 4 is 26.9 Å². The lowest BCUT2D eigenvalue weighted by Gasteiger charge is -2.15. The molecule has 1 atom stereocenters. The van der Waals surface area contributed by atoms with E-state index >= 15 is 0 Å². The summed E-state index contributed by atoms with van der Waals surface area (Å²) in [5.74, 6) is 0.789. The zero-order chi connectivity index (χ0) is 21.5. The third kappa shape index (κ3) is 3.96. The summed E-state index contributed by atoms with van der Waals surface area (Å²) < 4.78 is 25.5. The van der Waals surface area contributed by atoms with Crippen LogP contribution in [0, 0.1) is 6.92 Å². The number of carbonyl (C=O) groups is 1. The van der Waals surface area contributed by atoms with Crippen molar-refractivity contribution < 1.29 is 13.2 Å². The molecule has 1 unspecified atom stereocenters. The van der Waals surface area contributed by atoms with E-state index in [1.165, 1.54) is 12.7 Å². The maximum absolute atomic E-state index is 13.1. The van der Waals surface area contributed by atoms with Crippen LogP contribution in [0.4, 0.5) is 0 Å². The minimum absolute atomic E-state index is 0.210. The number of aromatic nitrogens is 3. The number of nitrogens with zero attached hydrogens (tertiary/aromatic N) is 3. The molecule has 0 bridgehead atoms. The molecule has 0 saturated carbocycles. The van der Waals surface area contributed by atoms with Crippen LogP contribution in [0.25, 0.3) is 11.2 Å². The largest absolute Gasteiger partial charge is 0.345 e. The fraction of sp³-hybridized carbons (Fsp3) is 0.409. The Morgan fingerprint density at radius 1 is 1.13 bits per heavy atom. The number of carbonyl (C=O) groups excluding carboxylic acids is 1. The minimum atomic E-state index is -3.25. The Kier molecular flexibility index (Phi) is 5.36. The second kappa shape index (κ2) is 7.83. The Balaban J connectivity index is 1.63. The number of nitrogens with one attached hydrogen (secondary N) is 1. The number of amides is 1. The topological polar surface area (TPSA) is 94.0 Å². The van der Waals surface area contributed by atoms with Gasteiger partial charge in [0.05, 0.1) is 16.5 Å². The third-order valence-corrected chi connectivity index (χ3v) is 6.72. The average molecular weight is 427 g/mol. The van der Waals surface area contributed by atoms with Crippen molar-refractivity contribution in [3.8, 4) is 0 Å². The van der Waals surface area contributed by atoms with Crippen LogP contribution in [0.5, 0.6) is 0 Å². The first-order chi connectivity index (χ1) is 14.2. The highest BCUT2D eigenvalue weighted by molar-refractivity contribution is 7.90. The average Bonchev–Trinajstić information content (AvgIpc) is 2.87. The van der Waals surface area contributed by atoms with Gasteiger partial charge in [0.1, 0.15) is 11.3 Å². The smallest absolute Gasteiger partial charge is 0.254 e. The summed E-state index contributed by atoms with van der Waals surface area (Å²) in [5, 5.41) is 3.02. The zero-order valence-electron chi connectivity index (χ0n) is 17.5. The van der Waals surface area contributed by atoms with E-state index < -0.39 is 9.84 Å². The maximum Gasteiger partial charge on any atom is 0.254 e. The predicted molar refractivity (Wildman–Crippen MR) is 115 cm³/mol. The highest BCUT2D eigenvalue weighted by Crippen LogP contribution is 2.25. The van der Waals surface area contributed by atoms with Gasteiger partial charge < -0.3 is 9.88 Å². The lowest BCUT2D eigenvalue weighted by Crippen LogP contribution is -2.27. The first-order valence-corrected chi connectivity index (χ1v) is 12.1. The third-order valence-electron chi connectivity index (χ3n) is 5.59. The van der Waals surface area contributed by atoms with Gasteiger partial charge in [0.15, 0.2) is 15.5 Å². The molecule has 7 nitrogen and oxygen atoms in total. The number of rotatable bonds is 4. The molecular formula is C22H26N4O3S. The molecule has 0 fully saturated rings. The van der Waals surface area contributed by atoms with Gasteiger partial charge in [-0.05, 0) is 50.5 Å². The van der Waals surface area contributed by atoms with Crippen LogP contribution in [0.2, 0.25) is 0 Å². The van der Waals surface area contributed by atoms with E-state index in [0.717, 1.165) is 48.5 Å². The van der Waals surface area contributed by atoms with Crippen LogP contribution in [-0.2, 0) is 22.8 Å². The van der Waals surface area contributed by atoms with E-state index in [4.69, 9.17) is 4.98 Å². The molecule has 8 heteroatoms. The Morgan fingerprint density at radius 3 is 2.57 bits per heavy atom. The molecule has 1 amide bonds. The molecule has 1 N–H and O–H groups in total. The van der Waals surface area contributed by atoms with Crippen LogP contribution in [0.1, 0.15) is 59.7 Å². The van der Waals surface area contributed by atoms with Gasteiger partial charge in [0, 0.05) is 24.9 Å². The van der Waals surface area contributed by atoms with Gasteiger partial charge in [-0.15, -0.1) is 0 Å². The summed E-state index contributed by atoms with van der Waals surface area (Å²) in [4.78, 5) is 22.8. The van der Waals surface area contributed by atoms with Gasteiger partial charge in [-0.3, -0.25) is 4.79 Å². The molecule has 158 valence electrons. The Labute approximate surface area is 176 Å². The molecule has 3 heterocycles. The minimum Gasteiger partial charge on any atom is -0.345 e. The number of imidazole rings is 1. The first-order valence-electron chi connectivity index (χ1n) is 10.2.